The predicted octanol–water partition coefficient (Wildman–Crippen LogP) is 3.97. The topological polar surface area (TPSA) is 41.4 Å². The van der Waals surface area contributed by atoms with Gasteiger partial charge in [0.2, 0.25) is 0 Å². The highest BCUT2D eigenvalue weighted by Gasteiger charge is 2.10. The van der Waals surface area contributed by atoms with Crippen molar-refractivity contribution >= 4 is 34.4 Å². The van der Waals surface area contributed by atoms with Gasteiger partial charge in [-0.3, -0.25) is 5.43 Å². The second-order valence-corrected chi connectivity index (χ2v) is 6.21. The lowest BCUT2D eigenvalue weighted by Crippen LogP contribution is -2.31. The van der Waals surface area contributed by atoms with Gasteiger partial charge < -0.3 is 9.88 Å². The molecule has 0 aliphatic carbocycles. The van der Waals surface area contributed by atoms with Crippen molar-refractivity contribution in [3.63, 3.8) is 0 Å². The van der Waals surface area contributed by atoms with Gasteiger partial charge in [0, 0.05) is 35.2 Å². The highest BCUT2D eigenvalue weighted by atomic mass is 32.1. The summed E-state index contributed by atoms with van der Waals surface area (Å²) in [6.45, 7) is 5.89. The molecule has 0 bridgehead atoms. The van der Waals surface area contributed by atoms with Gasteiger partial charge >= 0.3 is 0 Å². The Bertz CT molecular complexity index is 897. The number of rotatable bonds is 5. The SMILES string of the molecule is CCn1c(C)c(/C=N\NC(=S)NCc2ccccc2)c2ccccc21. The molecule has 0 saturated heterocycles. The largest absolute Gasteiger partial charge is 0.357 e. The second kappa shape index (κ2) is 7.94. The summed E-state index contributed by atoms with van der Waals surface area (Å²) < 4.78 is 2.29. The van der Waals surface area contributed by atoms with Gasteiger partial charge in [0.1, 0.15) is 0 Å². The van der Waals surface area contributed by atoms with Crippen LogP contribution in [0.1, 0.15) is 23.7 Å². The normalized spacial score (nSPS) is 11.1. The third-order valence-corrected chi connectivity index (χ3v) is 4.49. The van der Waals surface area contributed by atoms with Crippen molar-refractivity contribution in [2.75, 3.05) is 0 Å². The minimum Gasteiger partial charge on any atom is -0.357 e. The average molecular weight is 350 g/mol. The van der Waals surface area contributed by atoms with Crippen LogP contribution in [0.15, 0.2) is 59.7 Å². The number of benzene rings is 2. The molecule has 1 heterocycles. The number of nitrogens with one attached hydrogen (secondary N) is 2. The van der Waals surface area contributed by atoms with Gasteiger partial charge in [-0.05, 0) is 37.7 Å². The molecule has 0 radical (unpaired) electrons. The van der Waals surface area contributed by atoms with E-state index in [9.17, 15) is 0 Å². The number of fused-ring (bicyclic) bond motifs is 1. The van der Waals surface area contributed by atoms with Crippen molar-refractivity contribution in [2.45, 2.75) is 26.9 Å². The van der Waals surface area contributed by atoms with Crippen molar-refractivity contribution in [1.29, 1.82) is 0 Å². The first-order chi connectivity index (χ1) is 12.2. The highest BCUT2D eigenvalue weighted by Crippen LogP contribution is 2.24. The molecule has 0 aliphatic heterocycles. The Morgan fingerprint density at radius 1 is 1.12 bits per heavy atom. The maximum absolute atomic E-state index is 5.28. The number of thiocarbonyl (C=S) groups is 1. The molecule has 0 spiro atoms. The van der Waals surface area contributed by atoms with Crippen molar-refractivity contribution in [3.05, 3.63) is 71.4 Å². The zero-order chi connectivity index (χ0) is 17.6. The van der Waals surface area contributed by atoms with E-state index >= 15 is 0 Å². The van der Waals surface area contributed by atoms with E-state index in [0.717, 1.165) is 12.1 Å². The summed E-state index contributed by atoms with van der Waals surface area (Å²) in [4.78, 5) is 0. The minimum atomic E-state index is 0.511. The van der Waals surface area contributed by atoms with Gasteiger partial charge in [0.15, 0.2) is 5.11 Å². The van der Waals surface area contributed by atoms with Crippen LogP contribution < -0.4 is 10.7 Å². The Kier molecular flexibility index (Phi) is 5.46. The molecule has 25 heavy (non-hydrogen) atoms. The fourth-order valence-electron chi connectivity index (χ4n) is 3.00. The van der Waals surface area contributed by atoms with Crippen LogP contribution in [0.2, 0.25) is 0 Å². The van der Waals surface area contributed by atoms with E-state index in [1.807, 2.05) is 24.4 Å². The monoisotopic (exact) mass is 350 g/mol. The molecule has 3 aromatic rings. The fourth-order valence-corrected chi connectivity index (χ4v) is 3.13. The Morgan fingerprint density at radius 2 is 1.84 bits per heavy atom. The van der Waals surface area contributed by atoms with Crippen molar-refractivity contribution in [2.24, 2.45) is 5.10 Å². The number of hydrogen-bond acceptors (Lipinski definition) is 2. The lowest BCUT2D eigenvalue weighted by Gasteiger charge is -2.06. The maximum Gasteiger partial charge on any atom is 0.187 e. The Hall–Kier alpha value is -2.66. The molecule has 1 aromatic heterocycles. The predicted molar refractivity (Wildman–Crippen MR) is 109 cm³/mol. The van der Waals surface area contributed by atoms with Gasteiger partial charge in [-0.25, -0.2) is 0 Å². The fraction of sp³-hybridized carbons (Fsp3) is 0.200. The van der Waals surface area contributed by atoms with Crippen molar-refractivity contribution < 1.29 is 0 Å². The lowest BCUT2D eigenvalue weighted by atomic mass is 10.1. The number of hydrogen-bond donors (Lipinski definition) is 2. The maximum atomic E-state index is 5.28. The Balaban J connectivity index is 1.67. The summed E-state index contributed by atoms with van der Waals surface area (Å²) in [5, 5.41) is 9.19. The number of aryl methyl sites for hydroxylation is 1. The van der Waals surface area contributed by atoms with Gasteiger partial charge in [-0.1, -0.05) is 48.5 Å². The molecule has 0 fully saturated rings. The molecule has 5 heteroatoms. The van der Waals surface area contributed by atoms with E-state index < -0.39 is 0 Å². The number of hydrazone groups is 1. The standard InChI is InChI=1S/C20H22N4S/c1-3-24-15(2)18(17-11-7-8-12-19(17)24)14-22-23-20(25)21-13-16-9-5-4-6-10-16/h4-12,14H,3,13H2,1-2H3,(H2,21,23,25)/b22-14-. The number of aromatic nitrogens is 1. The zero-order valence-corrected chi connectivity index (χ0v) is 15.3. The van der Waals surface area contributed by atoms with Crippen LogP contribution in [0.4, 0.5) is 0 Å². The van der Waals surface area contributed by atoms with Gasteiger partial charge in [-0.15, -0.1) is 0 Å². The van der Waals surface area contributed by atoms with Crippen molar-refractivity contribution in [3.8, 4) is 0 Å². The summed E-state index contributed by atoms with van der Waals surface area (Å²) in [6, 6.07) is 18.5. The molecule has 0 saturated carbocycles. The summed E-state index contributed by atoms with van der Waals surface area (Å²) in [5.41, 5.74) is 7.64. The van der Waals surface area contributed by atoms with E-state index in [2.05, 4.69) is 70.7 Å². The van der Waals surface area contributed by atoms with Crippen LogP contribution in [-0.2, 0) is 13.1 Å². The molecule has 3 rings (SSSR count). The third kappa shape index (κ3) is 3.88. The molecule has 2 N–H and O–H groups in total. The van der Waals surface area contributed by atoms with Gasteiger partial charge in [0.05, 0.1) is 6.21 Å². The van der Waals surface area contributed by atoms with E-state index in [4.69, 9.17) is 12.2 Å². The van der Waals surface area contributed by atoms with Crippen LogP contribution in [0.5, 0.6) is 0 Å². The second-order valence-electron chi connectivity index (χ2n) is 5.80. The molecule has 0 amide bonds. The molecule has 2 aromatic carbocycles. The first-order valence-corrected chi connectivity index (χ1v) is 8.80. The number of nitrogens with zero attached hydrogens (tertiary/aromatic N) is 2. The van der Waals surface area contributed by atoms with Gasteiger partial charge in [0.25, 0.3) is 0 Å². The third-order valence-electron chi connectivity index (χ3n) is 4.25. The first kappa shape index (κ1) is 17.2. The Labute approximate surface area is 153 Å². The summed E-state index contributed by atoms with van der Waals surface area (Å²) in [5.74, 6) is 0. The lowest BCUT2D eigenvalue weighted by molar-refractivity contribution is 0.769. The van der Waals surface area contributed by atoms with Crippen LogP contribution in [0, 0.1) is 6.92 Å². The summed E-state index contributed by atoms with van der Waals surface area (Å²) >= 11 is 5.28. The number of para-hydroxylation sites is 1. The van der Waals surface area contributed by atoms with E-state index in [1.54, 1.807) is 0 Å². The van der Waals surface area contributed by atoms with Crippen LogP contribution in [0.3, 0.4) is 0 Å². The molecular weight excluding hydrogens is 328 g/mol. The van der Waals surface area contributed by atoms with E-state index in [-0.39, 0.29) is 0 Å². The molecule has 0 unspecified atom stereocenters. The van der Waals surface area contributed by atoms with Crippen LogP contribution in [0.25, 0.3) is 10.9 Å². The highest BCUT2D eigenvalue weighted by molar-refractivity contribution is 7.80. The average Bonchev–Trinajstić information content (AvgIpc) is 2.92. The quantitative estimate of drug-likeness (QED) is 0.416. The first-order valence-electron chi connectivity index (χ1n) is 8.39. The minimum absolute atomic E-state index is 0.511. The molecular formula is C20H22N4S. The van der Waals surface area contributed by atoms with Crippen molar-refractivity contribution in [1.82, 2.24) is 15.3 Å². The summed E-state index contributed by atoms with van der Waals surface area (Å²) in [6.07, 6.45) is 1.85. The Morgan fingerprint density at radius 3 is 2.60 bits per heavy atom. The zero-order valence-electron chi connectivity index (χ0n) is 14.5. The van der Waals surface area contributed by atoms with Gasteiger partial charge in [-0.2, -0.15) is 5.10 Å². The van der Waals surface area contributed by atoms with Crippen LogP contribution in [-0.4, -0.2) is 15.9 Å². The van der Waals surface area contributed by atoms with Crippen LogP contribution >= 0.6 is 12.2 Å². The van der Waals surface area contributed by atoms with E-state index in [1.165, 1.54) is 22.2 Å². The van der Waals surface area contributed by atoms with E-state index in [0.29, 0.717) is 11.7 Å². The molecule has 0 atom stereocenters. The summed E-state index contributed by atoms with van der Waals surface area (Å²) in [7, 11) is 0. The molecule has 4 nitrogen and oxygen atoms in total. The molecule has 128 valence electrons. The smallest absolute Gasteiger partial charge is 0.187 e. The molecule has 0 aliphatic rings.